The SMILES string of the molecule is CC(O)c1cc(Cn2cnc(C(F)(F)F)c(Oc3cc(Cl)cc(C#N)c3)c2=O)n[nH]c1=O.COc1nnc(Cn2cnc(C(F)(F)F)c(Oc3cc(Cl)cc(C#N)c3)c2=O)cc1C(C)O. The summed E-state index contributed by atoms with van der Waals surface area (Å²) in [5, 5.41) is 51.1. The van der Waals surface area contributed by atoms with Crippen molar-refractivity contribution in [1.82, 2.24) is 39.5 Å². The van der Waals surface area contributed by atoms with Gasteiger partial charge < -0.3 is 24.4 Å². The number of aliphatic hydroxyl groups excluding tert-OH is 2. The first-order chi connectivity index (χ1) is 30.5. The molecule has 4 heterocycles. The normalized spacial score (nSPS) is 12.2. The Kier molecular flexibility index (Phi) is 15.0. The van der Waals surface area contributed by atoms with E-state index in [9.17, 15) is 50.9 Å². The molecule has 65 heavy (non-hydrogen) atoms. The molecular formula is C39H28Cl2F6N10O8. The Bertz CT molecular complexity index is 3020. The molecule has 6 aromatic rings. The molecule has 2 atom stereocenters. The van der Waals surface area contributed by atoms with Gasteiger partial charge in [-0.05, 0) is 62.4 Å². The Labute approximate surface area is 370 Å². The van der Waals surface area contributed by atoms with E-state index in [1.165, 1.54) is 45.2 Å². The van der Waals surface area contributed by atoms with Crippen LogP contribution in [-0.2, 0) is 25.4 Å². The molecule has 2 unspecified atom stereocenters. The van der Waals surface area contributed by atoms with Crippen molar-refractivity contribution in [2.75, 3.05) is 7.11 Å². The number of halogens is 8. The summed E-state index contributed by atoms with van der Waals surface area (Å²) in [6, 6.07) is 13.3. The number of nitrogens with zero attached hydrogens (tertiary/aromatic N) is 9. The van der Waals surface area contributed by atoms with E-state index in [4.69, 9.17) is 47.9 Å². The molecular weight excluding hydrogens is 921 g/mol. The quantitative estimate of drug-likeness (QED) is 0.121. The molecule has 0 bridgehead atoms. The lowest BCUT2D eigenvalue weighted by molar-refractivity contribution is -0.143. The average Bonchev–Trinajstić information content (AvgIpc) is 3.23. The zero-order valence-electron chi connectivity index (χ0n) is 33.2. The van der Waals surface area contributed by atoms with Crippen LogP contribution in [0.25, 0.3) is 0 Å². The molecule has 0 saturated carbocycles. The number of nitriles is 2. The van der Waals surface area contributed by atoms with Gasteiger partial charge in [-0.2, -0.15) is 42.0 Å². The summed E-state index contributed by atoms with van der Waals surface area (Å²) in [5.41, 5.74) is -5.64. The van der Waals surface area contributed by atoms with Crippen LogP contribution in [0.1, 0.15) is 71.1 Å². The van der Waals surface area contributed by atoms with Gasteiger partial charge in [0.1, 0.15) is 11.5 Å². The Morgan fingerprint density at radius 1 is 0.708 bits per heavy atom. The van der Waals surface area contributed by atoms with Crippen LogP contribution in [0.4, 0.5) is 26.3 Å². The number of rotatable bonds is 11. The van der Waals surface area contributed by atoms with Gasteiger partial charge in [-0.3, -0.25) is 23.5 Å². The highest BCUT2D eigenvalue weighted by Crippen LogP contribution is 2.37. The van der Waals surface area contributed by atoms with Gasteiger partial charge in [-0.1, -0.05) is 23.2 Å². The first-order valence-electron chi connectivity index (χ1n) is 18.0. The highest BCUT2D eigenvalue weighted by atomic mass is 35.5. The lowest BCUT2D eigenvalue weighted by atomic mass is 10.1. The number of alkyl halides is 6. The van der Waals surface area contributed by atoms with Crippen molar-refractivity contribution in [3.05, 3.63) is 147 Å². The highest BCUT2D eigenvalue weighted by molar-refractivity contribution is 6.31. The molecule has 18 nitrogen and oxygen atoms in total. The minimum Gasteiger partial charge on any atom is -0.480 e. The van der Waals surface area contributed by atoms with Crippen molar-refractivity contribution in [3.8, 4) is 41.0 Å². The second-order valence-electron chi connectivity index (χ2n) is 13.3. The molecule has 0 aliphatic carbocycles. The summed E-state index contributed by atoms with van der Waals surface area (Å²) in [5.74, 6) is -2.69. The fraction of sp³-hybridized carbons (Fsp3) is 0.231. The molecule has 0 aliphatic heterocycles. The van der Waals surface area contributed by atoms with Crippen LogP contribution >= 0.6 is 23.2 Å². The lowest BCUT2D eigenvalue weighted by Gasteiger charge is -2.15. The number of aromatic nitrogens is 8. The van der Waals surface area contributed by atoms with Crippen molar-refractivity contribution >= 4 is 23.2 Å². The number of aliphatic hydroxyl groups is 2. The number of methoxy groups -OCH3 is 1. The van der Waals surface area contributed by atoms with E-state index in [1.54, 1.807) is 12.1 Å². The van der Waals surface area contributed by atoms with Crippen LogP contribution in [0.2, 0.25) is 10.0 Å². The van der Waals surface area contributed by atoms with Crippen molar-refractivity contribution in [2.45, 2.75) is 51.5 Å². The first-order valence-corrected chi connectivity index (χ1v) is 18.7. The van der Waals surface area contributed by atoms with Gasteiger partial charge in [-0.25, -0.2) is 15.1 Å². The summed E-state index contributed by atoms with van der Waals surface area (Å²) in [6.07, 6.45) is -10.8. The van der Waals surface area contributed by atoms with E-state index in [0.29, 0.717) is 12.7 Å². The zero-order valence-corrected chi connectivity index (χ0v) is 34.7. The Morgan fingerprint density at radius 3 is 1.57 bits per heavy atom. The van der Waals surface area contributed by atoms with Crippen LogP contribution in [-0.4, -0.2) is 56.8 Å². The molecule has 6 rings (SSSR count). The molecule has 4 aromatic heterocycles. The molecule has 2 aromatic carbocycles. The van der Waals surface area contributed by atoms with Crippen molar-refractivity contribution in [2.24, 2.45) is 0 Å². The van der Waals surface area contributed by atoms with Gasteiger partial charge >= 0.3 is 12.4 Å². The number of hydrogen-bond donors (Lipinski definition) is 3. The largest absolute Gasteiger partial charge is 0.480 e. The van der Waals surface area contributed by atoms with E-state index < -0.39 is 64.1 Å². The predicted octanol–water partition coefficient (Wildman–Crippen LogP) is 6.24. The third-order valence-corrected chi connectivity index (χ3v) is 8.89. The predicted molar refractivity (Wildman–Crippen MR) is 212 cm³/mol. The molecule has 0 amide bonds. The summed E-state index contributed by atoms with van der Waals surface area (Å²) in [7, 11) is 1.33. The lowest BCUT2D eigenvalue weighted by Crippen LogP contribution is -2.27. The van der Waals surface area contributed by atoms with Crippen LogP contribution in [0.5, 0.6) is 28.9 Å². The van der Waals surface area contributed by atoms with Gasteiger partial charge in [0, 0.05) is 21.2 Å². The third kappa shape index (κ3) is 12.0. The van der Waals surface area contributed by atoms with Crippen LogP contribution < -0.4 is 30.9 Å². The van der Waals surface area contributed by atoms with E-state index in [-0.39, 0.29) is 74.2 Å². The van der Waals surface area contributed by atoms with Gasteiger partial charge in [0.05, 0.1) is 79.7 Å². The van der Waals surface area contributed by atoms with Crippen LogP contribution in [0.15, 0.2) is 75.6 Å². The molecule has 3 N–H and O–H groups in total. The molecule has 0 aliphatic rings. The smallest absolute Gasteiger partial charge is 0.437 e. The fourth-order valence-electron chi connectivity index (χ4n) is 5.54. The van der Waals surface area contributed by atoms with E-state index >= 15 is 0 Å². The third-order valence-electron chi connectivity index (χ3n) is 8.45. The molecule has 0 radical (unpaired) electrons. The Balaban J connectivity index is 0.000000244. The summed E-state index contributed by atoms with van der Waals surface area (Å²) in [6.45, 7) is 2.10. The molecule has 26 heteroatoms. The topological polar surface area (TPSA) is 257 Å². The zero-order chi connectivity index (χ0) is 48.0. The van der Waals surface area contributed by atoms with Crippen molar-refractivity contribution in [3.63, 3.8) is 0 Å². The van der Waals surface area contributed by atoms with Gasteiger partial charge in [0.15, 0.2) is 11.4 Å². The number of nitrogens with one attached hydrogen (secondary N) is 1. The standard InChI is InChI=1S/C20H15ClF3N5O4.C19H13ClF3N5O4/c1-10(30)15-6-13(27-28-18(15)32-2)8-29-9-26-17(20(22,23)24)16(19(29)31)33-14-4-11(7-25)3-12(21)5-14;1-9(29)14-5-12(26-27-17(14)30)7-28-8-25-16(19(21,22)23)15(18(28)31)32-13-3-10(6-24)2-11(20)4-13/h3-6,9-10,30H,8H2,1-2H3;2-5,8-9,29H,7H2,1H3,(H,27,30). The summed E-state index contributed by atoms with van der Waals surface area (Å²) < 4.78 is 97.9. The van der Waals surface area contributed by atoms with E-state index in [0.717, 1.165) is 33.4 Å². The monoisotopic (exact) mass is 948 g/mol. The number of aromatic amines is 1. The van der Waals surface area contributed by atoms with Gasteiger partial charge in [-0.15, -0.1) is 10.2 Å². The van der Waals surface area contributed by atoms with Crippen molar-refractivity contribution < 1.29 is 50.8 Å². The number of benzene rings is 2. The fourth-order valence-corrected chi connectivity index (χ4v) is 5.99. The van der Waals surface area contributed by atoms with Crippen LogP contribution in [0.3, 0.4) is 0 Å². The maximum absolute atomic E-state index is 13.5. The summed E-state index contributed by atoms with van der Waals surface area (Å²) >= 11 is 11.7. The average molecular weight is 950 g/mol. The van der Waals surface area contributed by atoms with Crippen molar-refractivity contribution in [1.29, 1.82) is 10.5 Å². The minimum absolute atomic E-state index is 0.00775. The number of H-pyrrole nitrogens is 1. The molecule has 0 saturated heterocycles. The first kappa shape index (κ1) is 48.6. The van der Waals surface area contributed by atoms with Crippen LogP contribution in [0, 0.1) is 22.7 Å². The summed E-state index contributed by atoms with van der Waals surface area (Å²) in [4.78, 5) is 44.1. The molecule has 0 fully saturated rings. The van der Waals surface area contributed by atoms with E-state index in [1.807, 2.05) is 0 Å². The number of hydrogen-bond acceptors (Lipinski definition) is 15. The maximum atomic E-state index is 13.5. The van der Waals surface area contributed by atoms with Gasteiger partial charge in [0.2, 0.25) is 17.4 Å². The molecule has 0 spiro atoms. The second kappa shape index (κ2) is 20.0. The maximum Gasteiger partial charge on any atom is 0.437 e. The second-order valence-corrected chi connectivity index (χ2v) is 14.2. The Morgan fingerprint density at radius 2 is 1.15 bits per heavy atom. The van der Waals surface area contributed by atoms with E-state index in [2.05, 4.69) is 30.4 Å². The highest BCUT2D eigenvalue weighted by Gasteiger charge is 2.40. The molecule has 338 valence electrons. The minimum atomic E-state index is -5.01. The Hall–Kier alpha value is -7.38. The number of ether oxygens (including phenoxy) is 3. The van der Waals surface area contributed by atoms with Gasteiger partial charge in [0.25, 0.3) is 16.7 Å².